The molecule has 1 saturated heterocycles. The molecule has 2 amide bonds. The molecular formula is C20H26N4O. The van der Waals surface area contributed by atoms with Gasteiger partial charge in [-0.3, -0.25) is 4.90 Å². The van der Waals surface area contributed by atoms with E-state index >= 15 is 0 Å². The second-order valence-corrected chi connectivity index (χ2v) is 6.25. The molecule has 5 heteroatoms. The van der Waals surface area contributed by atoms with E-state index in [-0.39, 0.29) is 6.03 Å². The number of nitrogens with one attached hydrogen (secondary N) is 1. The van der Waals surface area contributed by atoms with E-state index in [1.807, 2.05) is 47.6 Å². The molecule has 1 fully saturated rings. The summed E-state index contributed by atoms with van der Waals surface area (Å²) in [5, 5.41) is 3.00. The smallest absolute Gasteiger partial charge is 0.317 e. The van der Waals surface area contributed by atoms with Crippen molar-refractivity contribution < 1.29 is 4.79 Å². The van der Waals surface area contributed by atoms with Gasteiger partial charge in [-0.25, -0.2) is 4.79 Å². The van der Waals surface area contributed by atoms with Gasteiger partial charge in [-0.15, -0.1) is 0 Å². The normalized spacial score (nSPS) is 15.6. The molecule has 1 N–H and O–H groups in total. The topological polar surface area (TPSA) is 40.5 Å². The van der Waals surface area contributed by atoms with Crippen LogP contribution in [-0.4, -0.2) is 59.7 Å². The molecule has 2 heterocycles. The summed E-state index contributed by atoms with van der Waals surface area (Å²) in [6.07, 6.45) is 8.37. The van der Waals surface area contributed by atoms with Gasteiger partial charge in [-0.05, 0) is 17.7 Å². The quantitative estimate of drug-likeness (QED) is 0.879. The first-order chi connectivity index (χ1) is 12.3. The molecule has 1 aliphatic heterocycles. The molecule has 0 saturated carbocycles. The van der Waals surface area contributed by atoms with Crippen molar-refractivity contribution in [3.05, 3.63) is 66.5 Å². The first kappa shape index (κ1) is 17.3. The number of piperazine rings is 1. The Hall–Kier alpha value is -2.53. The minimum atomic E-state index is 0.0478. The summed E-state index contributed by atoms with van der Waals surface area (Å²) in [4.78, 5) is 16.5. The fraction of sp³-hybridized carbons (Fsp3) is 0.350. The van der Waals surface area contributed by atoms with E-state index < -0.39 is 0 Å². The van der Waals surface area contributed by atoms with Gasteiger partial charge in [-0.2, -0.15) is 0 Å². The predicted molar refractivity (Wildman–Crippen MR) is 101 cm³/mol. The average molecular weight is 338 g/mol. The maximum Gasteiger partial charge on any atom is 0.317 e. The molecule has 5 nitrogen and oxygen atoms in total. The third kappa shape index (κ3) is 5.50. The average Bonchev–Trinajstić information content (AvgIpc) is 3.16. The van der Waals surface area contributed by atoms with Gasteiger partial charge < -0.3 is 14.8 Å². The highest BCUT2D eigenvalue weighted by Gasteiger charge is 2.19. The predicted octanol–water partition coefficient (Wildman–Crippen LogP) is 2.53. The van der Waals surface area contributed by atoms with Gasteiger partial charge in [0.15, 0.2) is 0 Å². The third-order valence-electron chi connectivity index (χ3n) is 4.45. The molecule has 1 aromatic carbocycles. The second-order valence-electron chi connectivity index (χ2n) is 6.25. The summed E-state index contributed by atoms with van der Waals surface area (Å²) in [7, 11) is 0. The number of rotatable bonds is 6. The summed E-state index contributed by atoms with van der Waals surface area (Å²) in [6, 6.07) is 14.4. The Labute approximate surface area is 149 Å². The minimum Gasteiger partial charge on any atom is -0.353 e. The van der Waals surface area contributed by atoms with Crippen LogP contribution in [0.1, 0.15) is 5.56 Å². The van der Waals surface area contributed by atoms with Crippen LogP contribution in [0.5, 0.6) is 0 Å². The monoisotopic (exact) mass is 338 g/mol. The highest BCUT2D eigenvalue weighted by Crippen LogP contribution is 2.05. The van der Waals surface area contributed by atoms with E-state index in [4.69, 9.17) is 0 Å². The van der Waals surface area contributed by atoms with Crippen LogP contribution in [0.25, 0.3) is 6.08 Å². The van der Waals surface area contributed by atoms with Gasteiger partial charge in [0.25, 0.3) is 0 Å². The van der Waals surface area contributed by atoms with E-state index in [2.05, 4.69) is 39.1 Å². The first-order valence-corrected chi connectivity index (χ1v) is 8.89. The van der Waals surface area contributed by atoms with Gasteiger partial charge in [0.2, 0.25) is 0 Å². The molecule has 2 aromatic rings. The zero-order valence-corrected chi connectivity index (χ0v) is 14.6. The number of nitrogens with zero attached hydrogens (tertiary/aromatic N) is 3. The number of carbonyl (C=O) groups excluding carboxylic acids is 1. The highest BCUT2D eigenvalue weighted by atomic mass is 16.2. The molecule has 0 unspecified atom stereocenters. The Bertz CT molecular complexity index is 658. The fourth-order valence-corrected chi connectivity index (χ4v) is 2.96. The van der Waals surface area contributed by atoms with Crippen molar-refractivity contribution in [2.45, 2.75) is 6.54 Å². The molecule has 3 rings (SSSR count). The number of carbonyl (C=O) groups is 1. The molecule has 0 bridgehead atoms. The molecule has 1 aliphatic rings. The number of hydrogen-bond donors (Lipinski definition) is 1. The zero-order chi connectivity index (χ0) is 17.3. The molecular weight excluding hydrogens is 312 g/mol. The lowest BCUT2D eigenvalue weighted by Crippen LogP contribution is -2.52. The summed E-state index contributed by atoms with van der Waals surface area (Å²) >= 11 is 0. The lowest BCUT2D eigenvalue weighted by Gasteiger charge is -2.34. The van der Waals surface area contributed by atoms with E-state index in [1.165, 1.54) is 5.56 Å². The maximum absolute atomic E-state index is 12.2. The van der Waals surface area contributed by atoms with Gasteiger partial charge in [0, 0.05) is 58.2 Å². The number of amides is 2. The summed E-state index contributed by atoms with van der Waals surface area (Å²) in [6.45, 7) is 5.81. The number of hydrogen-bond acceptors (Lipinski definition) is 2. The number of urea groups is 1. The number of aromatic nitrogens is 1. The van der Waals surface area contributed by atoms with Crippen LogP contribution in [0.3, 0.4) is 0 Å². The Balaban J connectivity index is 1.33. The molecule has 25 heavy (non-hydrogen) atoms. The molecule has 1 aromatic heterocycles. The van der Waals surface area contributed by atoms with E-state index in [1.54, 1.807) is 0 Å². The van der Waals surface area contributed by atoms with Crippen molar-refractivity contribution in [1.29, 1.82) is 0 Å². The van der Waals surface area contributed by atoms with Crippen LogP contribution < -0.4 is 5.32 Å². The SMILES string of the molecule is O=C(NCCn1cccc1)N1CCN(CC=Cc2ccccc2)CC1. The summed E-state index contributed by atoms with van der Waals surface area (Å²) in [5.74, 6) is 0. The summed E-state index contributed by atoms with van der Waals surface area (Å²) in [5.41, 5.74) is 1.23. The maximum atomic E-state index is 12.2. The van der Waals surface area contributed by atoms with Crippen LogP contribution in [0.4, 0.5) is 4.79 Å². The Morgan fingerprint density at radius 2 is 1.72 bits per heavy atom. The first-order valence-electron chi connectivity index (χ1n) is 8.89. The Morgan fingerprint density at radius 1 is 1.00 bits per heavy atom. The van der Waals surface area contributed by atoms with Crippen LogP contribution in [0.2, 0.25) is 0 Å². The van der Waals surface area contributed by atoms with Crippen LogP contribution in [-0.2, 0) is 6.54 Å². The van der Waals surface area contributed by atoms with Crippen LogP contribution in [0, 0.1) is 0 Å². The lowest BCUT2D eigenvalue weighted by molar-refractivity contribution is 0.146. The van der Waals surface area contributed by atoms with Crippen molar-refractivity contribution >= 4 is 12.1 Å². The van der Waals surface area contributed by atoms with Gasteiger partial charge >= 0.3 is 6.03 Å². The zero-order valence-electron chi connectivity index (χ0n) is 14.6. The lowest BCUT2D eigenvalue weighted by atomic mass is 10.2. The fourth-order valence-electron chi connectivity index (χ4n) is 2.96. The van der Waals surface area contributed by atoms with Crippen molar-refractivity contribution in [3.8, 4) is 0 Å². The van der Waals surface area contributed by atoms with E-state index in [9.17, 15) is 4.79 Å². The minimum absolute atomic E-state index is 0.0478. The van der Waals surface area contributed by atoms with Crippen molar-refractivity contribution in [1.82, 2.24) is 19.7 Å². The Morgan fingerprint density at radius 3 is 2.44 bits per heavy atom. The van der Waals surface area contributed by atoms with E-state index in [0.717, 1.165) is 39.3 Å². The van der Waals surface area contributed by atoms with E-state index in [0.29, 0.717) is 6.54 Å². The summed E-state index contributed by atoms with van der Waals surface area (Å²) < 4.78 is 2.07. The molecule has 0 atom stereocenters. The largest absolute Gasteiger partial charge is 0.353 e. The van der Waals surface area contributed by atoms with Crippen LogP contribution >= 0.6 is 0 Å². The highest BCUT2D eigenvalue weighted by molar-refractivity contribution is 5.74. The standard InChI is InChI=1S/C20H26N4O/c25-20(21-10-14-22-11-4-5-12-22)24-17-15-23(16-18-24)13-6-9-19-7-2-1-3-8-19/h1-9,11-12H,10,13-18H2,(H,21,25). The van der Waals surface area contributed by atoms with Gasteiger partial charge in [0.05, 0.1) is 0 Å². The van der Waals surface area contributed by atoms with Crippen molar-refractivity contribution in [3.63, 3.8) is 0 Å². The van der Waals surface area contributed by atoms with Crippen LogP contribution in [0.15, 0.2) is 60.9 Å². The number of benzene rings is 1. The molecule has 0 spiro atoms. The molecule has 132 valence electrons. The Kier molecular flexibility index (Phi) is 6.29. The van der Waals surface area contributed by atoms with Crippen molar-refractivity contribution in [2.24, 2.45) is 0 Å². The molecule has 0 radical (unpaired) electrons. The van der Waals surface area contributed by atoms with Crippen molar-refractivity contribution in [2.75, 3.05) is 39.3 Å². The molecule has 0 aliphatic carbocycles. The van der Waals surface area contributed by atoms with Gasteiger partial charge in [-0.1, -0.05) is 42.5 Å². The second kappa shape index (κ2) is 9.08. The van der Waals surface area contributed by atoms with Gasteiger partial charge in [0.1, 0.15) is 0 Å². The third-order valence-corrected chi connectivity index (χ3v) is 4.45.